The minimum atomic E-state index is -0.0517. The fourth-order valence-electron chi connectivity index (χ4n) is 3.26. The molecule has 0 spiro atoms. The van der Waals surface area contributed by atoms with Crippen molar-refractivity contribution < 1.29 is 9.26 Å². The van der Waals surface area contributed by atoms with Gasteiger partial charge in [0.1, 0.15) is 0 Å². The van der Waals surface area contributed by atoms with Gasteiger partial charge in [-0.05, 0) is 44.7 Å². The fourth-order valence-corrected chi connectivity index (χ4v) is 3.26. The average molecular weight is 279 g/mol. The predicted octanol–water partition coefficient (Wildman–Crippen LogP) is 2.24. The highest BCUT2D eigenvalue weighted by atomic mass is 16.5. The summed E-state index contributed by atoms with van der Waals surface area (Å²) >= 11 is 0. The lowest BCUT2D eigenvalue weighted by Gasteiger charge is -2.34. The number of hydrogen-bond donors (Lipinski definition) is 1. The Kier molecular flexibility index (Phi) is 4.08. The van der Waals surface area contributed by atoms with Crippen LogP contribution in [-0.2, 0) is 10.2 Å². The highest BCUT2D eigenvalue weighted by Crippen LogP contribution is 2.35. The molecule has 1 atom stereocenters. The first-order valence-electron chi connectivity index (χ1n) is 7.80. The first kappa shape index (κ1) is 14.0. The highest BCUT2D eigenvalue weighted by Gasteiger charge is 2.37. The Hall–Kier alpha value is -0.940. The van der Waals surface area contributed by atoms with E-state index in [0.29, 0.717) is 11.8 Å². The summed E-state index contributed by atoms with van der Waals surface area (Å²) < 4.78 is 11.0. The topological polar surface area (TPSA) is 60.2 Å². The molecule has 2 aliphatic rings. The third-order valence-electron chi connectivity index (χ3n) is 4.90. The van der Waals surface area contributed by atoms with Crippen molar-refractivity contribution in [2.45, 2.75) is 50.9 Å². The Morgan fingerprint density at radius 2 is 2.00 bits per heavy atom. The van der Waals surface area contributed by atoms with Gasteiger partial charge in [-0.2, -0.15) is 4.98 Å². The van der Waals surface area contributed by atoms with E-state index in [0.717, 1.165) is 50.9 Å². The van der Waals surface area contributed by atoms with Gasteiger partial charge in [-0.1, -0.05) is 19.0 Å². The Bertz CT molecular complexity index is 432. The third-order valence-corrected chi connectivity index (χ3v) is 4.90. The molecule has 2 fully saturated rings. The van der Waals surface area contributed by atoms with Crippen LogP contribution in [0.25, 0.3) is 0 Å². The Morgan fingerprint density at radius 1 is 1.20 bits per heavy atom. The summed E-state index contributed by atoms with van der Waals surface area (Å²) in [4.78, 5) is 4.72. The molecule has 0 saturated carbocycles. The lowest BCUT2D eigenvalue weighted by atomic mass is 9.75. The van der Waals surface area contributed by atoms with E-state index in [-0.39, 0.29) is 5.41 Å². The maximum absolute atomic E-state index is 5.61. The first-order chi connectivity index (χ1) is 9.68. The van der Waals surface area contributed by atoms with Crippen molar-refractivity contribution in [1.29, 1.82) is 0 Å². The molecule has 1 unspecified atom stereocenters. The third kappa shape index (κ3) is 2.74. The van der Waals surface area contributed by atoms with Crippen molar-refractivity contribution in [2.24, 2.45) is 5.92 Å². The number of aromatic nitrogens is 2. The molecule has 1 N–H and O–H groups in total. The minimum Gasteiger partial charge on any atom is -0.381 e. The average Bonchev–Trinajstić information content (AvgIpc) is 3.00. The lowest BCUT2D eigenvalue weighted by Crippen LogP contribution is -2.41. The molecule has 3 heterocycles. The quantitative estimate of drug-likeness (QED) is 0.919. The predicted molar refractivity (Wildman–Crippen MR) is 75.7 cm³/mol. The summed E-state index contributed by atoms with van der Waals surface area (Å²) in [7, 11) is 0. The molecule has 3 rings (SSSR count). The molecule has 20 heavy (non-hydrogen) atoms. The van der Waals surface area contributed by atoms with Crippen LogP contribution in [0.5, 0.6) is 0 Å². The molecular formula is C15H25N3O2. The molecule has 5 nitrogen and oxygen atoms in total. The summed E-state index contributed by atoms with van der Waals surface area (Å²) in [6.07, 6.45) is 4.47. The van der Waals surface area contributed by atoms with Crippen molar-refractivity contribution >= 4 is 0 Å². The van der Waals surface area contributed by atoms with E-state index in [9.17, 15) is 0 Å². The van der Waals surface area contributed by atoms with Crippen LogP contribution >= 0.6 is 0 Å². The molecule has 0 radical (unpaired) electrons. The molecule has 5 heteroatoms. The largest absolute Gasteiger partial charge is 0.381 e. The molecular weight excluding hydrogens is 254 g/mol. The van der Waals surface area contributed by atoms with Gasteiger partial charge < -0.3 is 14.6 Å². The van der Waals surface area contributed by atoms with Crippen LogP contribution in [0.4, 0.5) is 0 Å². The normalized spacial score (nSPS) is 25.8. The Morgan fingerprint density at radius 3 is 2.70 bits per heavy atom. The first-order valence-corrected chi connectivity index (χ1v) is 7.80. The SMILES string of the molecule is CC(C)(c1nc(C2CCOCC2)no1)C1CCCNC1. The van der Waals surface area contributed by atoms with E-state index in [1.807, 2.05) is 0 Å². The number of nitrogens with zero attached hydrogens (tertiary/aromatic N) is 2. The maximum atomic E-state index is 5.61. The van der Waals surface area contributed by atoms with Crippen molar-refractivity contribution in [3.05, 3.63) is 11.7 Å². The van der Waals surface area contributed by atoms with Gasteiger partial charge in [-0.15, -0.1) is 0 Å². The second kappa shape index (κ2) is 5.82. The molecule has 0 aromatic carbocycles. The standard InChI is InChI=1S/C15H25N3O2/c1-15(2,12-4-3-7-16-10-12)14-17-13(18-20-14)11-5-8-19-9-6-11/h11-12,16H,3-10H2,1-2H3. The maximum Gasteiger partial charge on any atom is 0.232 e. The monoisotopic (exact) mass is 279 g/mol. The van der Waals surface area contributed by atoms with Gasteiger partial charge in [0.15, 0.2) is 5.82 Å². The van der Waals surface area contributed by atoms with Gasteiger partial charge >= 0.3 is 0 Å². The van der Waals surface area contributed by atoms with Gasteiger partial charge in [0.05, 0.1) is 0 Å². The van der Waals surface area contributed by atoms with Gasteiger partial charge in [-0.25, -0.2) is 0 Å². The molecule has 2 aliphatic heterocycles. The second-order valence-electron chi connectivity index (χ2n) is 6.61. The van der Waals surface area contributed by atoms with Crippen LogP contribution in [0, 0.1) is 5.92 Å². The smallest absolute Gasteiger partial charge is 0.232 e. The zero-order valence-corrected chi connectivity index (χ0v) is 12.5. The van der Waals surface area contributed by atoms with Crippen LogP contribution < -0.4 is 5.32 Å². The Labute approximate surface area is 120 Å². The van der Waals surface area contributed by atoms with Gasteiger partial charge in [0.25, 0.3) is 0 Å². The van der Waals surface area contributed by atoms with Crippen LogP contribution in [-0.4, -0.2) is 36.4 Å². The van der Waals surface area contributed by atoms with E-state index >= 15 is 0 Å². The van der Waals surface area contributed by atoms with Crippen LogP contribution in [0.2, 0.25) is 0 Å². The number of piperidine rings is 1. The van der Waals surface area contributed by atoms with Gasteiger partial charge in [0, 0.05) is 24.5 Å². The molecule has 0 aliphatic carbocycles. The summed E-state index contributed by atoms with van der Waals surface area (Å²) in [5.74, 6) is 2.65. The molecule has 1 aromatic heterocycles. The van der Waals surface area contributed by atoms with Crippen molar-refractivity contribution in [3.63, 3.8) is 0 Å². The fraction of sp³-hybridized carbons (Fsp3) is 0.867. The summed E-state index contributed by atoms with van der Waals surface area (Å²) in [6, 6.07) is 0. The molecule has 2 saturated heterocycles. The summed E-state index contributed by atoms with van der Waals surface area (Å²) in [6.45, 7) is 8.25. The zero-order valence-electron chi connectivity index (χ0n) is 12.5. The number of hydrogen-bond acceptors (Lipinski definition) is 5. The zero-order chi connectivity index (χ0) is 14.0. The van der Waals surface area contributed by atoms with E-state index < -0.39 is 0 Å². The highest BCUT2D eigenvalue weighted by molar-refractivity contribution is 5.07. The number of ether oxygens (including phenoxy) is 1. The number of rotatable bonds is 3. The van der Waals surface area contributed by atoms with E-state index in [2.05, 4.69) is 24.3 Å². The summed E-state index contributed by atoms with van der Waals surface area (Å²) in [5, 5.41) is 7.71. The van der Waals surface area contributed by atoms with Gasteiger partial charge in [-0.3, -0.25) is 0 Å². The van der Waals surface area contributed by atoms with Crippen LogP contribution in [0.3, 0.4) is 0 Å². The summed E-state index contributed by atoms with van der Waals surface area (Å²) in [5.41, 5.74) is -0.0517. The second-order valence-corrected chi connectivity index (χ2v) is 6.61. The Balaban J connectivity index is 1.74. The molecule has 1 aromatic rings. The van der Waals surface area contributed by atoms with Gasteiger partial charge in [0.2, 0.25) is 5.89 Å². The lowest BCUT2D eigenvalue weighted by molar-refractivity contribution is 0.0830. The molecule has 0 bridgehead atoms. The molecule has 112 valence electrons. The van der Waals surface area contributed by atoms with Crippen molar-refractivity contribution in [1.82, 2.24) is 15.5 Å². The van der Waals surface area contributed by atoms with E-state index in [1.54, 1.807) is 0 Å². The molecule has 0 amide bonds. The van der Waals surface area contributed by atoms with Crippen molar-refractivity contribution in [3.8, 4) is 0 Å². The van der Waals surface area contributed by atoms with Crippen LogP contribution in [0.15, 0.2) is 4.52 Å². The minimum absolute atomic E-state index is 0.0517. The van der Waals surface area contributed by atoms with E-state index in [1.165, 1.54) is 12.8 Å². The number of nitrogens with one attached hydrogen (secondary N) is 1. The van der Waals surface area contributed by atoms with Crippen LogP contribution in [0.1, 0.15) is 57.2 Å². The van der Waals surface area contributed by atoms with E-state index in [4.69, 9.17) is 14.2 Å². The van der Waals surface area contributed by atoms with Crippen molar-refractivity contribution in [2.75, 3.05) is 26.3 Å².